The highest BCUT2D eigenvalue weighted by Gasteiger charge is 2.10. The number of aliphatic imine (C=N–C) groups is 1. The normalized spacial score (nSPS) is 15.0. The van der Waals surface area contributed by atoms with Gasteiger partial charge in [0, 0.05) is 36.6 Å². The van der Waals surface area contributed by atoms with Gasteiger partial charge in [0.2, 0.25) is 11.7 Å². The molecule has 0 amide bonds. The topological polar surface area (TPSA) is 78.6 Å². The molecule has 29 heavy (non-hydrogen) atoms. The Morgan fingerprint density at radius 3 is 2.83 bits per heavy atom. The fourth-order valence-electron chi connectivity index (χ4n) is 3.22. The van der Waals surface area contributed by atoms with E-state index in [-0.39, 0.29) is 24.0 Å². The van der Waals surface area contributed by atoms with E-state index >= 15 is 0 Å². The molecule has 0 unspecified atom stereocenters. The first-order valence-corrected chi connectivity index (χ1v) is 10.5. The summed E-state index contributed by atoms with van der Waals surface area (Å²) in [5, 5.41) is 11.3. The molecule has 2 aromatic rings. The lowest BCUT2D eigenvalue weighted by Gasteiger charge is -2.25. The number of hydrogen-bond acceptors (Lipinski definition) is 5. The number of nitrogens with one attached hydrogen (secondary N) is 2. The van der Waals surface area contributed by atoms with Gasteiger partial charge in [0.1, 0.15) is 0 Å². The number of piperidine rings is 1. The first-order valence-electron chi connectivity index (χ1n) is 10.1. The van der Waals surface area contributed by atoms with Gasteiger partial charge < -0.3 is 20.1 Å². The summed E-state index contributed by atoms with van der Waals surface area (Å²) in [6.07, 6.45) is 4.61. The van der Waals surface area contributed by atoms with Gasteiger partial charge in [0.15, 0.2) is 5.96 Å². The summed E-state index contributed by atoms with van der Waals surface area (Å²) < 4.78 is 5.35. The Kier molecular flexibility index (Phi) is 10.7. The molecule has 2 heterocycles. The highest BCUT2D eigenvalue weighted by Crippen LogP contribution is 2.19. The number of nitrogens with zero attached hydrogens (tertiary/aromatic N) is 4. The zero-order chi connectivity index (χ0) is 19.6. The Labute approximate surface area is 194 Å². The smallest absolute Gasteiger partial charge is 0.228 e. The van der Waals surface area contributed by atoms with Gasteiger partial charge in [-0.1, -0.05) is 35.3 Å². The van der Waals surface area contributed by atoms with Gasteiger partial charge in [-0.25, -0.2) is 0 Å². The molecule has 2 N–H and O–H groups in total. The van der Waals surface area contributed by atoms with E-state index in [0.29, 0.717) is 29.7 Å². The molecule has 1 aromatic carbocycles. The Bertz CT molecular complexity index is 763. The minimum absolute atomic E-state index is 0. The molecule has 0 aliphatic carbocycles. The van der Waals surface area contributed by atoms with E-state index in [9.17, 15) is 0 Å². The van der Waals surface area contributed by atoms with Crippen molar-refractivity contribution >= 4 is 41.5 Å². The maximum atomic E-state index is 6.02. The summed E-state index contributed by atoms with van der Waals surface area (Å²) in [6.45, 7) is 7.79. The van der Waals surface area contributed by atoms with Gasteiger partial charge in [-0.2, -0.15) is 4.98 Å². The minimum Gasteiger partial charge on any atom is -0.357 e. The zero-order valence-electron chi connectivity index (χ0n) is 16.9. The highest BCUT2D eigenvalue weighted by molar-refractivity contribution is 14.0. The van der Waals surface area contributed by atoms with Crippen molar-refractivity contribution < 1.29 is 4.52 Å². The van der Waals surface area contributed by atoms with Crippen molar-refractivity contribution in [3.8, 4) is 11.4 Å². The van der Waals surface area contributed by atoms with Crippen molar-refractivity contribution in [3.05, 3.63) is 35.2 Å². The lowest BCUT2D eigenvalue weighted by molar-refractivity contribution is 0.235. The van der Waals surface area contributed by atoms with E-state index in [1.807, 2.05) is 24.3 Å². The number of hydrogen-bond donors (Lipinski definition) is 2. The van der Waals surface area contributed by atoms with Crippen LogP contribution in [0.25, 0.3) is 11.4 Å². The van der Waals surface area contributed by atoms with Crippen LogP contribution in [0.5, 0.6) is 0 Å². The van der Waals surface area contributed by atoms with Crippen LogP contribution >= 0.6 is 35.6 Å². The summed E-state index contributed by atoms with van der Waals surface area (Å²) in [7, 11) is 0. The van der Waals surface area contributed by atoms with Crippen molar-refractivity contribution in [2.24, 2.45) is 4.99 Å². The van der Waals surface area contributed by atoms with Crippen molar-refractivity contribution in [2.45, 2.75) is 32.6 Å². The van der Waals surface area contributed by atoms with Crippen LogP contribution < -0.4 is 10.6 Å². The molecule has 1 fully saturated rings. The number of likely N-dealkylation sites (tertiary alicyclic amines) is 1. The Morgan fingerprint density at radius 1 is 1.24 bits per heavy atom. The first kappa shape index (κ1) is 23.9. The third-order valence-electron chi connectivity index (χ3n) is 4.66. The third-order valence-corrected chi connectivity index (χ3v) is 4.90. The third kappa shape index (κ3) is 8.10. The van der Waals surface area contributed by atoms with E-state index in [0.717, 1.165) is 31.2 Å². The molecule has 160 valence electrons. The van der Waals surface area contributed by atoms with Crippen LogP contribution in [0.2, 0.25) is 5.02 Å². The SMILES string of the molecule is CCNC(=NCCN1CCCCC1)NCCc1nc(-c2cccc(Cl)c2)no1.I. The predicted octanol–water partition coefficient (Wildman–Crippen LogP) is 3.59. The quantitative estimate of drug-likeness (QED) is 0.307. The summed E-state index contributed by atoms with van der Waals surface area (Å²) in [5.41, 5.74) is 0.850. The number of rotatable bonds is 8. The molecule has 3 rings (SSSR count). The van der Waals surface area contributed by atoms with E-state index in [1.54, 1.807) is 0 Å². The Morgan fingerprint density at radius 2 is 2.07 bits per heavy atom. The molecule has 0 bridgehead atoms. The average molecular weight is 533 g/mol. The van der Waals surface area contributed by atoms with Gasteiger partial charge in [-0.15, -0.1) is 24.0 Å². The van der Waals surface area contributed by atoms with Gasteiger partial charge >= 0.3 is 0 Å². The average Bonchev–Trinajstić information content (AvgIpc) is 3.18. The predicted molar refractivity (Wildman–Crippen MR) is 128 cm³/mol. The number of halogens is 2. The molecular weight excluding hydrogens is 503 g/mol. The van der Waals surface area contributed by atoms with Crippen molar-refractivity contribution in [1.29, 1.82) is 0 Å². The molecule has 1 aliphatic rings. The minimum atomic E-state index is 0. The van der Waals surface area contributed by atoms with Gasteiger partial charge in [0.25, 0.3) is 0 Å². The molecule has 0 spiro atoms. The van der Waals surface area contributed by atoms with Crippen LogP contribution in [0.15, 0.2) is 33.8 Å². The molecule has 1 saturated heterocycles. The monoisotopic (exact) mass is 532 g/mol. The Balaban J connectivity index is 0.00000300. The molecular formula is C20H30ClIN6O. The van der Waals surface area contributed by atoms with Crippen LogP contribution in [0, 0.1) is 0 Å². The second kappa shape index (κ2) is 13.0. The summed E-state index contributed by atoms with van der Waals surface area (Å²) in [4.78, 5) is 11.6. The lowest BCUT2D eigenvalue weighted by Crippen LogP contribution is -2.39. The molecule has 0 atom stereocenters. The lowest BCUT2D eigenvalue weighted by atomic mass is 10.1. The zero-order valence-corrected chi connectivity index (χ0v) is 20.0. The van der Waals surface area contributed by atoms with Gasteiger partial charge in [-0.05, 0) is 45.0 Å². The first-order chi connectivity index (χ1) is 13.7. The molecule has 7 nitrogen and oxygen atoms in total. The standard InChI is InChI=1S/C20H29ClN6O.HI/c1-2-22-20(24-11-14-27-12-4-3-5-13-27)23-10-9-18-25-19(26-28-18)16-7-6-8-17(21)15-16;/h6-8,15H,2-5,9-14H2,1H3,(H2,22,23,24);1H. The fraction of sp³-hybridized carbons (Fsp3) is 0.550. The van der Waals surface area contributed by atoms with E-state index < -0.39 is 0 Å². The summed E-state index contributed by atoms with van der Waals surface area (Å²) in [5.74, 6) is 1.97. The second-order valence-corrected chi connectivity index (χ2v) is 7.30. The van der Waals surface area contributed by atoms with E-state index in [2.05, 4.69) is 37.6 Å². The largest absolute Gasteiger partial charge is 0.357 e. The maximum Gasteiger partial charge on any atom is 0.228 e. The highest BCUT2D eigenvalue weighted by atomic mass is 127. The Hall–Kier alpha value is -1.39. The number of guanidine groups is 1. The van der Waals surface area contributed by atoms with Crippen molar-refractivity contribution in [1.82, 2.24) is 25.7 Å². The number of benzene rings is 1. The summed E-state index contributed by atoms with van der Waals surface area (Å²) in [6, 6.07) is 7.44. The second-order valence-electron chi connectivity index (χ2n) is 6.86. The molecule has 0 radical (unpaired) electrons. The van der Waals surface area contributed by atoms with Crippen LogP contribution in [-0.2, 0) is 6.42 Å². The van der Waals surface area contributed by atoms with Crippen molar-refractivity contribution in [3.63, 3.8) is 0 Å². The number of aromatic nitrogens is 2. The fourth-order valence-corrected chi connectivity index (χ4v) is 3.41. The maximum absolute atomic E-state index is 6.02. The van der Waals surface area contributed by atoms with Crippen LogP contribution in [0.1, 0.15) is 32.1 Å². The summed E-state index contributed by atoms with van der Waals surface area (Å²) >= 11 is 6.02. The molecule has 0 saturated carbocycles. The van der Waals surface area contributed by atoms with E-state index in [4.69, 9.17) is 16.1 Å². The van der Waals surface area contributed by atoms with Gasteiger partial charge in [0.05, 0.1) is 6.54 Å². The van der Waals surface area contributed by atoms with E-state index in [1.165, 1.54) is 32.4 Å². The molecule has 9 heteroatoms. The van der Waals surface area contributed by atoms with Crippen LogP contribution in [-0.4, -0.2) is 60.3 Å². The van der Waals surface area contributed by atoms with Crippen LogP contribution in [0.4, 0.5) is 0 Å². The van der Waals surface area contributed by atoms with Gasteiger partial charge in [-0.3, -0.25) is 4.99 Å². The van der Waals surface area contributed by atoms with Crippen LogP contribution in [0.3, 0.4) is 0 Å². The molecule has 1 aromatic heterocycles. The van der Waals surface area contributed by atoms with Crippen molar-refractivity contribution in [2.75, 3.05) is 39.3 Å². The molecule has 1 aliphatic heterocycles.